The van der Waals surface area contributed by atoms with Crippen LogP contribution in [0, 0.1) is 0 Å². The molecule has 0 atom stereocenters. The number of hydrogen-bond acceptors (Lipinski definition) is 1. The van der Waals surface area contributed by atoms with Gasteiger partial charge in [-0.3, -0.25) is 4.79 Å². The van der Waals surface area contributed by atoms with Gasteiger partial charge in [0.05, 0.1) is 27.7 Å². The summed E-state index contributed by atoms with van der Waals surface area (Å²) < 4.78 is 1.09. The lowest BCUT2D eigenvalue weighted by Gasteiger charge is -2.22. The van der Waals surface area contributed by atoms with Crippen LogP contribution in [0.5, 0.6) is 0 Å². The van der Waals surface area contributed by atoms with Gasteiger partial charge < -0.3 is 28.1 Å². The second-order valence-corrected chi connectivity index (χ2v) is 4.16. The van der Waals surface area contributed by atoms with Crippen molar-refractivity contribution < 1.29 is 27.2 Å². The maximum Gasteiger partial charge on any atom is 0.243 e. The molecular formula is C10H25ClN2O2. The van der Waals surface area contributed by atoms with Crippen LogP contribution in [-0.2, 0) is 4.79 Å². The van der Waals surface area contributed by atoms with Gasteiger partial charge in [0.25, 0.3) is 0 Å². The first-order valence-corrected chi connectivity index (χ1v) is 4.46. The lowest BCUT2D eigenvalue weighted by Crippen LogP contribution is -3.00. The summed E-state index contributed by atoms with van der Waals surface area (Å²) in [5, 5.41) is 0. The molecule has 1 amide bonds. The van der Waals surface area contributed by atoms with Crippen molar-refractivity contribution >= 4 is 5.91 Å². The van der Waals surface area contributed by atoms with Crippen LogP contribution in [0.4, 0.5) is 0 Å². The summed E-state index contributed by atoms with van der Waals surface area (Å²) in [6.07, 6.45) is 1.28. The van der Waals surface area contributed by atoms with Gasteiger partial charge in [-0.2, -0.15) is 0 Å². The number of amides is 1. The molecule has 0 aliphatic rings. The Morgan fingerprint density at radius 2 is 1.60 bits per heavy atom. The second-order valence-electron chi connectivity index (χ2n) is 4.16. The number of hydrogen-bond donors (Lipinski definition) is 1. The zero-order valence-electron chi connectivity index (χ0n) is 10.4. The monoisotopic (exact) mass is 240 g/mol. The van der Waals surface area contributed by atoms with E-state index in [2.05, 4.69) is 34.6 Å². The van der Waals surface area contributed by atoms with E-state index >= 15 is 0 Å². The van der Waals surface area contributed by atoms with Crippen LogP contribution in [0.2, 0.25) is 0 Å². The first-order valence-electron chi connectivity index (χ1n) is 4.46. The van der Waals surface area contributed by atoms with E-state index in [1.807, 2.05) is 0 Å². The Bertz CT molecular complexity index is 165. The summed E-state index contributed by atoms with van der Waals surface area (Å²) in [7, 11) is 6.64. The molecule has 0 heterocycles. The highest BCUT2D eigenvalue weighted by Gasteiger charge is 2.01. The van der Waals surface area contributed by atoms with Crippen molar-refractivity contribution in [2.24, 2.45) is 5.73 Å². The molecule has 0 aliphatic carbocycles. The number of primary amides is 1. The summed E-state index contributed by atoms with van der Waals surface area (Å²) in [6.45, 7) is 8.34. The van der Waals surface area contributed by atoms with E-state index in [9.17, 15) is 4.79 Å². The number of halogens is 1. The Morgan fingerprint density at radius 1 is 1.33 bits per heavy atom. The van der Waals surface area contributed by atoms with Crippen molar-refractivity contribution in [3.8, 4) is 0 Å². The lowest BCUT2D eigenvalue weighted by molar-refractivity contribution is -0.870. The number of nitrogens with two attached hydrogens (primary N) is 1. The number of carbonyl (C=O) groups excluding carboxylic acids is 1. The van der Waals surface area contributed by atoms with E-state index in [1.165, 1.54) is 13.0 Å². The molecule has 0 bridgehead atoms. The molecule has 0 aromatic heterocycles. The van der Waals surface area contributed by atoms with E-state index in [-0.39, 0.29) is 17.9 Å². The minimum absolute atomic E-state index is 0. The van der Waals surface area contributed by atoms with Gasteiger partial charge in [-0.1, -0.05) is 13.5 Å². The Labute approximate surface area is 99.4 Å². The largest absolute Gasteiger partial charge is 1.00 e. The molecule has 0 spiro atoms. The van der Waals surface area contributed by atoms with Gasteiger partial charge in [0.15, 0.2) is 0 Å². The third-order valence-corrected chi connectivity index (χ3v) is 1.32. The number of quaternary nitrogens is 1. The fraction of sp³-hybridized carbons (Fsp3) is 0.700. The minimum Gasteiger partial charge on any atom is -1.00 e. The molecule has 0 fully saturated rings. The highest BCUT2D eigenvalue weighted by Crippen LogP contribution is 1.90. The Balaban J connectivity index is -0.0000000718. The molecule has 5 heteroatoms. The van der Waals surface area contributed by atoms with Gasteiger partial charge in [0.2, 0.25) is 5.91 Å². The SMILES string of the molecule is C=C(C)C(N)=O.CCC[N+](C)(C)C.O.[Cl-]. The van der Waals surface area contributed by atoms with Gasteiger partial charge in [0, 0.05) is 5.57 Å². The zero-order valence-corrected chi connectivity index (χ0v) is 11.2. The smallest absolute Gasteiger partial charge is 0.243 e. The quantitative estimate of drug-likeness (QED) is 0.424. The number of nitrogens with zero attached hydrogens (tertiary/aromatic N) is 1. The average Bonchev–Trinajstić information content (AvgIpc) is 1.85. The van der Waals surface area contributed by atoms with Crippen LogP contribution >= 0.6 is 0 Å². The standard InChI is InChI=1S/C6H16N.C4H7NO.ClH.H2O/c1-5-6-7(2,3)4;1-3(2)4(5)6;;/h5-6H2,1-4H3;1H2,2H3,(H2,5,6);1H;1H2/q+1;;;/p-1. The summed E-state index contributed by atoms with van der Waals surface area (Å²) in [5.74, 6) is -0.435. The second kappa shape index (κ2) is 11.5. The van der Waals surface area contributed by atoms with Crippen molar-refractivity contribution in [3.05, 3.63) is 12.2 Å². The number of carbonyl (C=O) groups is 1. The van der Waals surface area contributed by atoms with Gasteiger partial charge in [-0.25, -0.2) is 0 Å². The van der Waals surface area contributed by atoms with E-state index in [1.54, 1.807) is 6.92 Å². The molecule has 0 aromatic carbocycles. The predicted molar refractivity (Wildman–Crippen MR) is 60.8 cm³/mol. The molecule has 0 unspecified atom stereocenters. The van der Waals surface area contributed by atoms with Crippen LogP contribution in [0.15, 0.2) is 12.2 Å². The maximum absolute atomic E-state index is 9.82. The molecule has 0 rings (SSSR count). The highest BCUT2D eigenvalue weighted by molar-refractivity contribution is 5.90. The highest BCUT2D eigenvalue weighted by atomic mass is 35.5. The average molecular weight is 241 g/mol. The fourth-order valence-corrected chi connectivity index (χ4v) is 0.671. The molecule has 94 valence electrons. The molecule has 15 heavy (non-hydrogen) atoms. The predicted octanol–water partition coefficient (Wildman–Crippen LogP) is -2.67. The normalized spacial score (nSPS) is 8.60. The molecule has 4 nitrogen and oxygen atoms in total. The van der Waals surface area contributed by atoms with Gasteiger partial charge in [-0.15, -0.1) is 0 Å². The third kappa shape index (κ3) is 31.8. The number of rotatable bonds is 3. The maximum atomic E-state index is 9.82. The molecule has 0 aromatic rings. The van der Waals surface area contributed by atoms with E-state index in [0.29, 0.717) is 5.57 Å². The van der Waals surface area contributed by atoms with Crippen molar-refractivity contribution in [3.63, 3.8) is 0 Å². The van der Waals surface area contributed by atoms with Crippen LogP contribution in [-0.4, -0.2) is 43.6 Å². The Kier molecular flexibility index (Phi) is 18.3. The van der Waals surface area contributed by atoms with Gasteiger partial charge in [0.1, 0.15) is 0 Å². The summed E-state index contributed by atoms with van der Waals surface area (Å²) in [6, 6.07) is 0. The lowest BCUT2D eigenvalue weighted by atomic mass is 10.3. The summed E-state index contributed by atoms with van der Waals surface area (Å²) in [5.41, 5.74) is 5.09. The van der Waals surface area contributed by atoms with Crippen molar-refractivity contribution in [1.29, 1.82) is 0 Å². The molecule has 0 radical (unpaired) electrons. The van der Waals surface area contributed by atoms with Crippen LogP contribution in [0.1, 0.15) is 20.3 Å². The molecule has 4 N–H and O–H groups in total. The van der Waals surface area contributed by atoms with Crippen LogP contribution < -0.4 is 18.1 Å². The van der Waals surface area contributed by atoms with Gasteiger partial charge in [-0.05, 0) is 13.3 Å². The molecule has 0 saturated heterocycles. The van der Waals surface area contributed by atoms with Crippen LogP contribution in [0.25, 0.3) is 0 Å². The van der Waals surface area contributed by atoms with Gasteiger partial charge >= 0.3 is 0 Å². The summed E-state index contributed by atoms with van der Waals surface area (Å²) >= 11 is 0. The Hall–Kier alpha value is -0.580. The fourth-order valence-electron chi connectivity index (χ4n) is 0.671. The van der Waals surface area contributed by atoms with Crippen LogP contribution in [0.3, 0.4) is 0 Å². The molecular weight excluding hydrogens is 216 g/mol. The molecule has 0 saturated carbocycles. The Morgan fingerprint density at radius 3 is 1.60 bits per heavy atom. The summed E-state index contributed by atoms with van der Waals surface area (Å²) in [4.78, 5) is 9.82. The van der Waals surface area contributed by atoms with Crippen molar-refractivity contribution in [1.82, 2.24) is 0 Å². The van der Waals surface area contributed by atoms with E-state index in [0.717, 1.165) is 4.48 Å². The van der Waals surface area contributed by atoms with E-state index < -0.39 is 5.91 Å². The third-order valence-electron chi connectivity index (χ3n) is 1.32. The molecule has 0 aliphatic heterocycles. The van der Waals surface area contributed by atoms with E-state index in [4.69, 9.17) is 5.73 Å². The van der Waals surface area contributed by atoms with Crippen molar-refractivity contribution in [2.75, 3.05) is 27.7 Å². The topological polar surface area (TPSA) is 74.6 Å². The minimum atomic E-state index is -0.435. The first-order chi connectivity index (χ1) is 5.70. The first kappa shape index (κ1) is 23.9. The zero-order chi connectivity index (χ0) is 11.1. The van der Waals surface area contributed by atoms with Crippen molar-refractivity contribution in [2.45, 2.75) is 20.3 Å².